The number of aliphatic hydroxyl groups excluding tert-OH is 3. The fourth-order valence-corrected chi connectivity index (χ4v) is 10.1. The second-order valence-corrected chi connectivity index (χ2v) is 21.6. The van der Waals surface area contributed by atoms with Gasteiger partial charge in [0, 0.05) is 0 Å². The van der Waals surface area contributed by atoms with E-state index in [1.807, 2.05) is 6.08 Å². The van der Waals surface area contributed by atoms with E-state index in [4.69, 9.17) is 0 Å². The number of amides is 1. The standard InChI is InChI=1S/C62H123NO4/c1-3-5-7-9-11-13-15-17-19-21-23-25-27-29-30-31-32-33-35-37-39-41-43-45-47-49-51-53-55-57-61(66)62(67)63-59(58-64)60(65)56-54-52-50-48-46-44-42-40-38-36-34-28-26-24-22-20-18-16-14-12-10-8-6-4-2/h54,56,59-61,64-66H,3-53,55,57-58H2,1-2H3,(H,63,67)/b56-54+. The maximum absolute atomic E-state index is 12.6. The van der Waals surface area contributed by atoms with Crippen LogP contribution in [0.3, 0.4) is 0 Å². The Kier molecular flexibility index (Phi) is 56.9. The van der Waals surface area contributed by atoms with Crippen molar-refractivity contribution in [1.29, 1.82) is 0 Å². The van der Waals surface area contributed by atoms with Crippen molar-refractivity contribution in [3.8, 4) is 0 Å². The number of hydrogen-bond donors (Lipinski definition) is 4. The van der Waals surface area contributed by atoms with Gasteiger partial charge in [0.1, 0.15) is 6.10 Å². The molecule has 0 aromatic carbocycles. The molecule has 0 bridgehead atoms. The second kappa shape index (κ2) is 57.7. The summed E-state index contributed by atoms with van der Waals surface area (Å²) in [5.41, 5.74) is 0. The maximum Gasteiger partial charge on any atom is 0.249 e. The van der Waals surface area contributed by atoms with Gasteiger partial charge in [-0.15, -0.1) is 0 Å². The quantitative estimate of drug-likeness (QED) is 0.0361. The number of carbonyl (C=O) groups is 1. The third kappa shape index (κ3) is 52.7. The normalized spacial score (nSPS) is 13.2. The molecule has 0 saturated heterocycles. The van der Waals surface area contributed by atoms with Crippen LogP contribution in [0.4, 0.5) is 0 Å². The number of unbranched alkanes of at least 4 members (excludes halogenated alkanes) is 50. The van der Waals surface area contributed by atoms with Crippen LogP contribution in [0.25, 0.3) is 0 Å². The molecule has 0 fully saturated rings. The topological polar surface area (TPSA) is 89.8 Å². The first-order valence-corrected chi connectivity index (χ1v) is 31.0. The predicted molar refractivity (Wildman–Crippen MR) is 296 cm³/mol. The number of hydrogen-bond acceptors (Lipinski definition) is 4. The summed E-state index contributed by atoms with van der Waals surface area (Å²) in [5, 5.41) is 33.5. The Morgan fingerprint density at radius 3 is 0.821 bits per heavy atom. The average Bonchev–Trinajstić information content (AvgIpc) is 3.33. The first-order chi connectivity index (χ1) is 33.1. The minimum atomic E-state index is -1.09. The number of rotatable bonds is 58. The van der Waals surface area contributed by atoms with Crippen molar-refractivity contribution in [2.24, 2.45) is 0 Å². The minimum absolute atomic E-state index is 0.358. The van der Waals surface area contributed by atoms with Gasteiger partial charge >= 0.3 is 0 Å². The van der Waals surface area contributed by atoms with Crippen LogP contribution < -0.4 is 5.32 Å². The highest BCUT2D eigenvalue weighted by Crippen LogP contribution is 2.19. The second-order valence-electron chi connectivity index (χ2n) is 21.6. The molecule has 1 amide bonds. The molecule has 0 aliphatic carbocycles. The lowest BCUT2D eigenvalue weighted by atomic mass is 10.0. The molecular formula is C62H123NO4. The molecule has 400 valence electrons. The molecule has 0 aliphatic heterocycles. The van der Waals surface area contributed by atoms with E-state index in [2.05, 4.69) is 19.2 Å². The van der Waals surface area contributed by atoms with Gasteiger partial charge in [-0.2, -0.15) is 0 Å². The number of nitrogens with one attached hydrogen (secondary N) is 1. The Morgan fingerprint density at radius 2 is 0.582 bits per heavy atom. The molecule has 0 heterocycles. The molecule has 0 saturated carbocycles. The van der Waals surface area contributed by atoms with Gasteiger partial charge < -0.3 is 20.6 Å². The molecule has 5 nitrogen and oxygen atoms in total. The van der Waals surface area contributed by atoms with E-state index < -0.39 is 24.2 Å². The molecule has 67 heavy (non-hydrogen) atoms. The first-order valence-electron chi connectivity index (χ1n) is 31.0. The minimum Gasteiger partial charge on any atom is -0.394 e. The highest BCUT2D eigenvalue weighted by atomic mass is 16.3. The SMILES string of the molecule is CCCCCCCCCCCCCCCCCCCCCCCC/C=C/C(O)C(CO)NC(=O)C(O)CCCCCCCCCCCCCCCCCCCCCCCCCCCCCCC. The summed E-state index contributed by atoms with van der Waals surface area (Å²) in [5.74, 6) is -0.494. The van der Waals surface area contributed by atoms with Gasteiger partial charge in [0.2, 0.25) is 5.91 Å². The first kappa shape index (κ1) is 66.1. The van der Waals surface area contributed by atoms with Gasteiger partial charge in [0.25, 0.3) is 0 Å². The van der Waals surface area contributed by atoms with Crippen LogP contribution in [0.5, 0.6) is 0 Å². The van der Waals surface area contributed by atoms with Crippen molar-refractivity contribution in [3.63, 3.8) is 0 Å². The highest BCUT2D eigenvalue weighted by molar-refractivity contribution is 5.80. The molecule has 0 aliphatic rings. The van der Waals surface area contributed by atoms with Crippen LogP contribution >= 0.6 is 0 Å². The Morgan fingerprint density at radius 1 is 0.358 bits per heavy atom. The predicted octanol–water partition coefficient (Wildman–Crippen LogP) is 19.5. The number of aliphatic hydroxyl groups is 3. The van der Waals surface area contributed by atoms with E-state index in [1.54, 1.807) is 6.08 Å². The van der Waals surface area contributed by atoms with Crippen molar-refractivity contribution in [2.45, 2.75) is 372 Å². The molecule has 3 atom stereocenters. The Balaban J connectivity index is 3.50. The van der Waals surface area contributed by atoms with Gasteiger partial charge in [0.15, 0.2) is 0 Å². The summed E-state index contributed by atoms with van der Waals surface area (Å²) in [6.07, 6.45) is 73.2. The molecular weight excluding hydrogens is 823 g/mol. The summed E-state index contributed by atoms with van der Waals surface area (Å²) in [6.45, 7) is 4.24. The molecule has 3 unspecified atom stereocenters. The van der Waals surface area contributed by atoms with Gasteiger partial charge in [0.05, 0.1) is 18.8 Å². The van der Waals surface area contributed by atoms with Crippen LogP contribution in [0.1, 0.15) is 354 Å². The van der Waals surface area contributed by atoms with Crippen molar-refractivity contribution in [3.05, 3.63) is 12.2 Å². The van der Waals surface area contributed by atoms with E-state index in [9.17, 15) is 20.1 Å². The van der Waals surface area contributed by atoms with Gasteiger partial charge in [-0.3, -0.25) is 4.79 Å². The van der Waals surface area contributed by atoms with Crippen molar-refractivity contribution in [1.82, 2.24) is 5.32 Å². The van der Waals surface area contributed by atoms with E-state index >= 15 is 0 Å². The Bertz CT molecular complexity index is 956. The van der Waals surface area contributed by atoms with E-state index in [1.165, 1.54) is 302 Å². The third-order valence-electron chi connectivity index (χ3n) is 14.9. The monoisotopic (exact) mass is 946 g/mol. The molecule has 5 heteroatoms. The summed E-state index contributed by atoms with van der Waals surface area (Å²) < 4.78 is 0. The van der Waals surface area contributed by atoms with Crippen molar-refractivity contribution < 1.29 is 20.1 Å². The Hall–Kier alpha value is -0.910. The van der Waals surface area contributed by atoms with Gasteiger partial charge in [-0.1, -0.05) is 347 Å². The van der Waals surface area contributed by atoms with E-state index in [0.29, 0.717) is 6.42 Å². The van der Waals surface area contributed by atoms with Gasteiger partial charge in [-0.25, -0.2) is 0 Å². The average molecular weight is 947 g/mol. The molecule has 0 spiro atoms. The van der Waals surface area contributed by atoms with Crippen LogP contribution in [-0.2, 0) is 4.79 Å². The van der Waals surface area contributed by atoms with E-state index in [-0.39, 0.29) is 6.61 Å². The highest BCUT2D eigenvalue weighted by Gasteiger charge is 2.22. The lowest BCUT2D eigenvalue weighted by Crippen LogP contribution is -2.48. The largest absolute Gasteiger partial charge is 0.394 e. The fraction of sp³-hybridized carbons (Fsp3) is 0.952. The smallest absolute Gasteiger partial charge is 0.249 e. The Labute approximate surface area is 420 Å². The lowest BCUT2D eigenvalue weighted by Gasteiger charge is -2.21. The lowest BCUT2D eigenvalue weighted by molar-refractivity contribution is -0.131. The fourth-order valence-electron chi connectivity index (χ4n) is 10.1. The molecule has 0 aromatic rings. The number of carbonyl (C=O) groups excluding carboxylic acids is 1. The van der Waals surface area contributed by atoms with Crippen molar-refractivity contribution >= 4 is 5.91 Å². The van der Waals surface area contributed by atoms with Gasteiger partial charge in [-0.05, 0) is 19.3 Å². The molecule has 0 rings (SSSR count). The summed E-state index contributed by atoms with van der Waals surface area (Å²) in [4.78, 5) is 12.6. The number of allylic oxidation sites excluding steroid dienone is 1. The van der Waals surface area contributed by atoms with Crippen LogP contribution in [-0.4, -0.2) is 46.1 Å². The third-order valence-corrected chi connectivity index (χ3v) is 14.9. The summed E-state index contributed by atoms with van der Waals surface area (Å²) in [6, 6.07) is -0.795. The molecule has 0 aromatic heterocycles. The van der Waals surface area contributed by atoms with Crippen LogP contribution in [0.15, 0.2) is 12.2 Å². The molecule has 4 N–H and O–H groups in total. The molecule has 0 radical (unpaired) electrons. The van der Waals surface area contributed by atoms with Crippen LogP contribution in [0.2, 0.25) is 0 Å². The zero-order valence-electron chi connectivity index (χ0n) is 45.8. The zero-order valence-corrected chi connectivity index (χ0v) is 45.8. The summed E-state index contributed by atoms with van der Waals surface area (Å²) >= 11 is 0. The summed E-state index contributed by atoms with van der Waals surface area (Å²) in [7, 11) is 0. The van der Waals surface area contributed by atoms with Crippen LogP contribution in [0, 0.1) is 0 Å². The maximum atomic E-state index is 12.6. The van der Waals surface area contributed by atoms with Crippen molar-refractivity contribution in [2.75, 3.05) is 6.61 Å². The zero-order chi connectivity index (χ0) is 48.6. The van der Waals surface area contributed by atoms with E-state index in [0.717, 1.165) is 32.1 Å².